The molecule has 9 heteroatoms. The minimum Gasteiger partial charge on any atom is -0.389 e. The van der Waals surface area contributed by atoms with Crippen LogP contribution in [0.4, 0.5) is 5.82 Å². The zero-order chi connectivity index (χ0) is 23.3. The summed E-state index contributed by atoms with van der Waals surface area (Å²) in [5.74, 6) is 6.49. The van der Waals surface area contributed by atoms with Gasteiger partial charge >= 0.3 is 0 Å². The standard InChI is InChI=1S/C24H26N6O3/c1-4-13-5-7-14(8-6-13)9-10-16-28-21(25-2)17-22(29-16)30(12-27-17)18-15-11-24(15,23(33)26-3)20(32)19(18)31/h5-8,12,15,18-20,31-32H,4,11H2,1-3H3,(H,26,33)(H,25,28,29)/t15?,18-,19?,20+,24-/m1/s1. The second kappa shape index (κ2) is 7.83. The van der Waals surface area contributed by atoms with Crippen molar-refractivity contribution in [2.75, 3.05) is 19.4 Å². The Bertz CT molecular complexity index is 1290. The molecule has 33 heavy (non-hydrogen) atoms. The van der Waals surface area contributed by atoms with Crippen molar-refractivity contribution in [2.45, 2.75) is 38.0 Å². The quantitative estimate of drug-likeness (QED) is 0.438. The van der Waals surface area contributed by atoms with E-state index >= 15 is 0 Å². The van der Waals surface area contributed by atoms with E-state index in [9.17, 15) is 15.0 Å². The fourth-order valence-electron chi connectivity index (χ4n) is 5.10. The van der Waals surface area contributed by atoms with Gasteiger partial charge in [0.25, 0.3) is 0 Å². The second-order valence-corrected chi connectivity index (χ2v) is 8.63. The van der Waals surface area contributed by atoms with Gasteiger partial charge in [-0.15, -0.1) is 0 Å². The van der Waals surface area contributed by atoms with E-state index in [2.05, 4.69) is 44.4 Å². The Hall–Kier alpha value is -3.48. The Labute approximate surface area is 191 Å². The van der Waals surface area contributed by atoms with Gasteiger partial charge in [-0.1, -0.05) is 25.0 Å². The Balaban J connectivity index is 1.54. The van der Waals surface area contributed by atoms with Gasteiger partial charge in [-0.05, 0) is 36.5 Å². The molecule has 2 aliphatic carbocycles. The molecule has 2 aromatic heterocycles. The molecule has 0 saturated heterocycles. The Morgan fingerprint density at radius 2 is 1.97 bits per heavy atom. The predicted molar refractivity (Wildman–Crippen MR) is 122 cm³/mol. The minimum absolute atomic E-state index is 0.209. The molecule has 0 aliphatic heterocycles. The van der Waals surface area contributed by atoms with Crippen LogP contribution in [-0.2, 0) is 11.2 Å². The Morgan fingerprint density at radius 3 is 2.64 bits per heavy atom. The molecule has 1 amide bonds. The lowest BCUT2D eigenvalue weighted by Crippen LogP contribution is -2.41. The fraction of sp³-hybridized carbons (Fsp3) is 0.417. The number of aliphatic hydroxyl groups excluding tert-OH is 2. The number of anilines is 1. The third-order valence-electron chi connectivity index (χ3n) is 6.98. The number of fused-ring (bicyclic) bond motifs is 2. The smallest absolute Gasteiger partial charge is 0.229 e. The number of hydrogen-bond acceptors (Lipinski definition) is 7. The van der Waals surface area contributed by atoms with Gasteiger partial charge in [-0.25, -0.2) is 15.0 Å². The summed E-state index contributed by atoms with van der Waals surface area (Å²) < 4.78 is 1.75. The van der Waals surface area contributed by atoms with Crippen LogP contribution in [-0.4, -0.2) is 61.9 Å². The second-order valence-electron chi connectivity index (χ2n) is 8.63. The molecule has 170 valence electrons. The maximum absolute atomic E-state index is 12.5. The van der Waals surface area contributed by atoms with Crippen molar-refractivity contribution in [1.29, 1.82) is 0 Å². The number of aryl methyl sites for hydroxylation is 1. The maximum atomic E-state index is 12.5. The average Bonchev–Trinajstić information content (AvgIpc) is 3.38. The van der Waals surface area contributed by atoms with Crippen LogP contribution >= 0.6 is 0 Å². The minimum atomic E-state index is -1.15. The van der Waals surface area contributed by atoms with Crippen LogP contribution in [0.15, 0.2) is 30.6 Å². The average molecular weight is 447 g/mol. The van der Waals surface area contributed by atoms with Gasteiger partial charge in [-0.3, -0.25) is 4.79 Å². The van der Waals surface area contributed by atoms with E-state index in [1.165, 1.54) is 5.56 Å². The Kier molecular flexibility index (Phi) is 5.07. The predicted octanol–water partition coefficient (Wildman–Crippen LogP) is 0.859. The first kappa shape index (κ1) is 21.4. The Morgan fingerprint density at radius 1 is 1.21 bits per heavy atom. The number of rotatable bonds is 4. The number of benzene rings is 1. The van der Waals surface area contributed by atoms with Crippen LogP contribution < -0.4 is 10.6 Å². The monoisotopic (exact) mass is 446 g/mol. The lowest BCUT2D eigenvalue weighted by atomic mass is 9.98. The van der Waals surface area contributed by atoms with E-state index in [0.717, 1.165) is 12.0 Å². The summed E-state index contributed by atoms with van der Waals surface area (Å²) in [7, 11) is 3.28. The third-order valence-corrected chi connectivity index (χ3v) is 6.98. The molecule has 2 unspecified atom stereocenters. The maximum Gasteiger partial charge on any atom is 0.229 e. The largest absolute Gasteiger partial charge is 0.389 e. The van der Waals surface area contributed by atoms with Gasteiger partial charge in [-0.2, -0.15) is 0 Å². The van der Waals surface area contributed by atoms with E-state index in [0.29, 0.717) is 29.2 Å². The highest BCUT2D eigenvalue weighted by Gasteiger charge is 2.75. The van der Waals surface area contributed by atoms with Gasteiger partial charge in [0.1, 0.15) is 6.10 Å². The van der Waals surface area contributed by atoms with Gasteiger partial charge in [0.15, 0.2) is 17.0 Å². The van der Waals surface area contributed by atoms with Gasteiger partial charge in [0, 0.05) is 25.6 Å². The van der Waals surface area contributed by atoms with Crippen molar-refractivity contribution in [3.8, 4) is 11.8 Å². The number of amides is 1. The molecule has 1 aromatic carbocycles. The highest BCUT2D eigenvalue weighted by atomic mass is 16.3. The normalized spacial score (nSPS) is 27.5. The summed E-state index contributed by atoms with van der Waals surface area (Å²) in [4.78, 5) is 26.0. The molecule has 3 aromatic rings. The number of nitrogens with one attached hydrogen (secondary N) is 2. The van der Waals surface area contributed by atoms with Gasteiger partial charge in [0.2, 0.25) is 11.7 Å². The van der Waals surface area contributed by atoms with Crippen molar-refractivity contribution in [3.63, 3.8) is 0 Å². The summed E-state index contributed by atoms with van der Waals surface area (Å²) in [5, 5.41) is 27.2. The van der Waals surface area contributed by atoms with Crippen molar-refractivity contribution in [3.05, 3.63) is 47.5 Å². The topological polar surface area (TPSA) is 125 Å². The molecule has 2 saturated carbocycles. The molecule has 0 bridgehead atoms. The van der Waals surface area contributed by atoms with Crippen molar-refractivity contribution >= 4 is 22.9 Å². The van der Waals surface area contributed by atoms with Gasteiger partial charge in [0.05, 0.1) is 23.9 Å². The summed E-state index contributed by atoms with van der Waals surface area (Å²) in [6.07, 6.45) is 0.783. The zero-order valence-electron chi connectivity index (χ0n) is 18.7. The summed E-state index contributed by atoms with van der Waals surface area (Å²) in [6, 6.07) is 7.50. The van der Waals surface area contributed by atoms with E-state index in [1.807, 2.05) is 24.3 Å². The lowest BCUT2D eigenvalue weighted by Gasteiger charge is -2.23. The molecule has 2 heterocycles. The molecule has 9 nitrogen and oxygen atoms in total. The molecule has 4 N–H and O–H groups in total. The number of aromatic nitrogens is 4. The molecule has 2 fully saturated rings. The van der Waals surface area contributed by atoms with Crippen molar-refractivity contribution in [1.82, 2.24) is 24.8 Å². The van der Waals surface area contributed by atoms with E-state index < -0.39 is 23.7 Å². The van der Waals surface area contributed by atoms with Crippen molar-refractivity contribution < 1.29 is 15.0 Å². The summed E-state index contributed by atoms with van der Waals surface area (Å²) >= 11 is 0. The number of carbonyl (C=O) groups is 1. The molecular weight excluding hydrogens is 420 g/mol. The van der Waals surface area contributed by atoms with Crippen molar-refractivity contribution in [2.24, 2.45) is 11.3 Å². The van der Waals surface area contributed by atoms with Crippen LogP contribution in [0.2, 0.25) is 0 Å². The van der Waals surface area contributed by atoms with Gasteiger partial charge < -0.3 is 25.4 Å². The lowest BCUT2D eigenvalue weighted by molar-refractivity contribution is -0.132. The van der Waals surface area contributed by atoms with E-state index in [4.69, 9.17) is 0 Å². The number of nitrogens with zero attached hydrogens (tertiary/aromatic N) is 4. The van der Waals surface area contributed by atoms with Crippen LogP contribution in [0, 0.1) is 23.2 Å². The molecular formula is C24H26N6O3. The first-order valence-electron chi connectivity index (χ1n) is 11.1. The highest BCUT2D eigenvalue weighted by molar-refractivity contribution is 5.88. The van der Waals surface area contributed by atoms with Crippen LogP contribution in [0.5, 0.6) is 0 Å². The SMILES string of the molecule is CCc1ccc(C#Cc2nc(NC)c3ncn([C@H]4C(O)[C@H](O)[C@@]5(C(=O)NC)CC45)c3n2)cc1. The molecule has 5 atom stereocenters. The highest BCUT2D eigenvalue weighted by Crippen LogP contribution is 2.67. The first-order valence-corrected chi connectivity index (χ1v) is 11.1. The molecule has 5 rings (SSSR count). The third kappa shape index (κ3) is 3.17. The van der Waals surface area contributed by atoms with E-state index in [-0.39, 0.29) is 11.8 Å². The molecule has 2 aliphatic rings. The van der Waals surface area contributed by atoms with E-state index in [1.54, 1.807) is 25.0 Å². The number of imidazole rings is 1. The van der Waals surface area contributed by atoms with Crippen LogP contribution in [0.1, 0.15) is 36.3 Å². The molecule has 0 spiro atoms. The van der Waals surface area contributed by atoms with Crippen LogP contribution in [0.3, 0.4) is 0 Å². The number of hydrogen-bond donors (Lipinski definition) is 4. The summed E-state index contributed by atoms with van der Waals surface area (Å²) in [6.45, 7) is 2.10. The number of carbonyl (C=O) groups excluding carboxylic acids is 1. The first-order chi connectivity index (χ1) is 15.9. The molecule has 0 radical (unpaired) electrons. The zero-order valence-corrected chi connectivity index (χ0v) is 18.7. The fourth-order valence-corrected chi connectivity index (χ4v) is 5.10. The number of aliphatic hydroxyl groups is 2. The van der Waals surface area contributed by atoms with Crippen LogP contribution in [0.25, 0.3) is 11.2 Å². The summed E-state index contributed by atoms with van der Waals surface area (Å²) in [5.41, 5.74) is 2.16.